The number of hydrogen-bond donors (Lipinski definition) is 0. The molecule has 0 heterocycles. The highest BCUT2D eigenvalue weighted by Crippen LogP contribution is 2.09. The van der Waals surface area contributed by atoms with Crippen LogP contribution in [-0.2, 0) is 9.53 Å². The molecule has 84 valence electrons. The zero-order chi connectivity index (χ0) is 10.8. The van der Waals surface area contributed by atoms with Gasteiger partial charge in [0, 0.05) is 13.0 Å². The van der Waals surface area contributed by atoms with Crippen LogP contribution in [0.15, 0.2) is 0 Å². The number of carbonyl (C=O) groups excluding carboxylic acids is 1. The predicted octanol–water partition coefficient (Wildman–Crippen LogP) is 3.34. The van der Waals surface area contributed by atoms with Crippen LogP contribution in [0.1, 0.15) is 59.3 Å². The van der Waals surface area contributed by atoms with Crippen molar-refractivity contribution in [2.45, 2.75) is 65.4 Å². The minimum atomic E-state index is -0.130. The fourth-order valence-electron chi connectivity index (χ4n) is 1.39. The molecule has 0 N–H and O–H groups in total. The van der Waals surface area contributed by atoms with Crippen molar-refractivity contribution in [2.24, 2.45) is 0 Å². The molecule has 0 aromatic carbocycles. The molecule has 0 aliphatic rings. The third-order valence-electron chi connectivity index (χ3n) is 2.20. The standard InChI is InChI=1S/C12H24O2/c1-4-7-9-12(14-10-6-3)11(13)8-5-2/h12H,4-10H2,1-3H3. The highest BCUT2D eigenvalue weighted by atomic mass is 16.5. The average Bonchev–Trinajstić information content (AvgIpc) is 2.18. The van der Waals surface area contributed by atoms with E-state index in [1.54, 1.807) is 0 Å². The summed E-state index contributed by atoms with van der Waals surface area (Å²) in [6, 6.07) is 0. The second-order valence-corrected chi connectivity index (χ2v) is 3.72. The van der Waals surface area contributed by atoms with E-state index in [4.69, 9.17) is 4.74 Å². The lowest BCUT2D eigenvalue weighted by molar-refractivity contribution is -0.131. The van der Waals surface area contributed by atoms with E-state index in [-0.39, 0.29) is 11.9 Å². The topological polar surface area (TPSA) is 26.3 Å². The molecule has 1 unspecified atom stereocenters. The van der Waals surface area contributed by atoms with Crippen molar-refractivity contribution < 1.29 is 9.53 Å². The second-order valence-electron chi connectivity index (χ2n) is 3.72. The lowest BCUT2D eigenvalue weighted by Crippen LogP contribution is -2.24. The Morgan fingerprint density at radius 1 is 1.14 bits per heavy atom. The van der Waals surface area contributed by atoms with E-state index < -0.39 is 0 Å². The molecule has 0 spiro atoms. The molecule has 2 heteroatoms. The molecule has 0 bridgehead atoms. The van der Waals surface area contributed by atoms with Crippen molar-refractivity contribution in [2.75, 3.05) is 6.61 Å². The van der Waals surface area contributed by atoms with Crippen LogP contribution < -0.4 is 0 Å². The molecule has 0 radical (unpaired) electrons. The van der Waals surface area contributed by atoms with Gasteiger partial charge in [0.1, 0.15) is 6.10 Å². The van der Waals surface area contributed by atoms with Gasteiger partial charge in [0.05, 0.1) is 0 Å². The number of Topliss-reactive ketones (excluding diaryl/α,β-unsaturated/α-hetero) is 1. The Balaban J connectivity index is 3.88. The van der Waals surface area contributed by atoms with Gasteiger partial charge in [0.2, 0.25) is 0 Å². The SMILES string of the molecule is CCCCC(OCCC)C(=O)CCC. The van der Waals surface area contributed by atoms with Gasteiger partial charge in [-0.1, -0.05) is 33.6 Å². The molecule has 1 atom stereocenters. The Bertz CT molecular complexity index is 135. The van der Waals surface area contributed by atoms with Crippen LogP contribution in [-0.4, -0.2) is 18.5 Å². The molecule has 0 amide bonds. The third-order valence-corrected chi connectivity index (χ3v) is 2.20. The van der Waals surface area contributed by atoms with E-state index in [1.807, 2.05) is 6.92 Å². The Morgan fingerprint density at radius 2 is 1.86 bits per heavy atom. The molecule has 0 aliphatic carbocycles. The van der Waals surface area contributed by atoms with Crippen LogP contribution in [0.5, 0.6) is 0 Å². The van der Waals surface area contributed by atoms with E-state index in [2.05, 4.69) is 13.8 Å². The summed E-state index contributed by atoms with van der Waals surface area (Å²) in [6.45, 7) is 6.96. The summed E-state index contributed by atoms with van der Waals surface area (Å²) in [5, 5.41) is 0. The Morgan fingerprint density at radius 3 is 2.36 bits per heavy atom. The van der Waals surface area contributed by atoms with Gasteiger partial charge in [-0.3, -0.25) is 4.79 Å². The zero-order valence-corrected chi connectivity index (χ0v) is 9.84. The minimum Gasteiger partial charge on any atom is -0.370 e. The van der Waals surface area contributed by atoms with Gasteiger partial charge in [-0.05, 0) is 19.3 Å². The average molecular weight is 200 g/mol. The van der Waals surface area contributed by atoms with Gasteiger partial charge in [-0.25, -0.2) is 0 Å². The minimum absolute atomic E-state index is 0.130. The first-order valence-electron chi connectivity index (χ1n) is 5.90. The van der Waals surface area contributed by atoms with Crippen LogP contribution in [0.3, 0.4) is 0 Å². The van der Waals surface area contributed by atoms with Gasteiger partial charge in [0.25, 0.3) is 0 Å². The van der Waals surface area contributed by atoms with Crippen LogP contribution in [0.2, 0.25) is 0 Å². The van der Waals surface area contributed by atoms with Crippen LogP contribution in [0.4, 0.5) is 0 Å². The van der Waals surface area contributed by atoms with E-state index in [1.165, 1.54) is 0 Å². The summed E-state index contributed by atoms with van der Waals surface area (Å²) in [5.74, 6) is 0.286. The molecule has 0 rings (SSSR count). The maximum Gasteiger partial charge on any atom is 0.161 e. The van der Waals surface area contributed by atoms with Gasteiger partial charge in [-0.15, -0.1) is 0 Å². The molecule has 0 aromatic rings. The molecule has 0 saturated heterocycles. The van der Waals surface area contributed by atoms with E-state index >= 15 is 0 Å². The Labute approximate surface area is 88.0 Å². The number of ketones is 1. The Hall–Kier alpha value is -0.370. The maximum absolute atomic E-state index is 11.6. The largest absolute Gasteiger partial charge is 0.370 e. The smallest absolute Gasteiger partial charge is 0.161 e. The first-order chi connectivity index (χ1) is 6.76. The molecule has 0 fully saturated rings. The molecule has 0 aromatic heterocycles. The number of carbonyl (C=O) groups is 1. The summed E-state index contributed by atoms with van der Waals surface area (Å²) in [5.41, 5.74) is 0. The first-order valence-corrected chi connectivity index (χ1v) is 5.90. The molecule has 0 saturated carbocycles. The van der Waals surface area contributed by atoms with Gasteiger partial charge < -0.3 is 4.74 Å². The summed E-state index contributed by atoms with van der Waals surface area (Å²) < 4.78 is 5.56. The molecule has 0 aliphatic heterocycles. The number of rotatable bonds is 9. The number of unbranched alkanes of at least 4 members (excludes halogenated alkanes) is 1. The fourth-order valence-corrected chi connectivity index (χ4v) is 1.39. The monoisotopic (exact) mass is 200 g/mol. The highest BCUT2D eigenvalue weighted by molar-refractivity contribution is 5.82. The van der Waals surface area contributed by atoms with Crippen molar-refractivity contribution in [3.8, 4) is 0 Å². The molecule has 14 heavy (non-hydrogen) atoms. The summed E-state index contributed by atoms with van der Waals surface area (Å²) in [7, 11) is 0. The predicted molar refractivity (Wildman–Crippen MR) is 59.5 cm³/mol. The van der Waals surface area contributed by atoms with Crippen LogP contribution >= 0.6 is 0 Å². The second kappa shape index (κ2) is 9.20. The molecular weight excluding hydrogens is 176 g/mol. The summed E-state index contributed by atoms with van der Waals surface area (Å²) in [6.07, 6.45) is 5.57. The lowest BCUT2D eigenvalue weighted by Gasteiger charge is -2.15. The van der Waals surface area contributed by atoms with E-state index in [9.17, 15) is 4.79 Å². The third kappa shape index (κ3) is 6.14. The van der Waals surface area contributed by atoms with Crippen LogP contribution in [0, 0.1) is 0 Å². The van der Waals surface area contributed by atoms with Crippen LogP contribution in [0.25, 0.3) is 0 Å². The van der Waals surface area contributed by atoms with Crippen molar-refractivity contribution in [1.82, 2.24) is 0 Å². The fraction of sp³-hybridized carbons (Fsp3) is 0.917. The first kappa shape index (κ1) is 13.6. The number of ether oxygens (including phenoxy) is 1. The summed E-state index contributed by atoms with van der Waals surface area (Å²) in [4.78, 5) is 11.6. The van der Waals surface area contributed by atoms with Gasteiger partial charge in [0.15, 0.2) is 5.78 Å². The maximum atomic E-state index is 11.6. The Kier molecular flexibility index (Phi) is 8.95. The van der Waals surface area contributed by atoms with Crippen molar-refractivity contribution >= 4 is 5.78 Å². The lowest BCUT2D eigenvalue weighted by atomic mass is 10.1. The highest BCUT2D eigenvalue weighted by Gasteiger charge is 2.16. The molecule has 2 nitrogen and oxygen atoms in total. The van der Waals surface area contributed by atoms with Crippen molar-refractivity contribution in [1.29, 1.82) is 0 Å². The van der Waals surface area contributed by atoms with E-state index in [0.29, 0.717) is 13.0 Å². The zero-order valence-electron chi connectivity index (χ0n) is 9.84. The quantitative estimate of drug-likeness (QED) is 0.570. The summed E-state index contributed by atoms with van der Waals surface area (Å²) >= 11 is 0. The normalized spacial score (nSPS) is 12.8. The van der Waals surface area contributed by atoms with E-state index in [0.717, 1.165) is 32.1 Å². The molecular formula is C12H24O2. The van der Waals surface area contributed by atoms with Gasteiger partial charge in [-0.2, -0.15) is 0 Å². The van der Waals surface area contributed by atoms with Crippen molar-refractivity contribution in [3.05, 3.63) is 0 Å². The van der Waals surface area contributed by atoms with Crippen molar-refractivity contribution in [3.63, 3.8) is 0 Å². The van der Waals surface area contributed by atoms with Gasteiger partial charge >= 0.3 is 0 Å². The number of hydrogen-bond acceptors (Lipinski definition) is 2.